The van der Waals surface area contributed by atoms with E-state index in [0.717, 1.165) is 37.2 Å². The summed E-state index contributed by atoms with van der Waals surface area (Å²) in [4.78, 5) is 16.8. The lowest BCUT2D eigenvalue weighted by Gasteiger charge is -2.23. The normalized spacial score (nSPS) is 16.7. The van der Waals surface area contributed by atoms with Crippen LogP contribution in [0.25, 0.3) is 0 Å². The number of carbonyl (C=O) groups excluding carboxylic acids is 1. The van der Waals surface area contributed by atoms with Gasteiger partial charge in [0, 0.05) is 38.2 Å². The van der Waals surface area contributed by atoms with Crippen molar-refractivity contribution in [1.29, 1.82) is 10.5 Å². The van der Waals surface area contributed by atoms with E-state index < -0.39 is 0 Å². The number of amides is 1. The van der Waals surface area contributed by atoms with Crippen LogP contribution in [0, 0.1) is 35.5 Å². The van der Waals surface area contributed by atoms with Gasteiger partial charge in [-0.3, -0.25) is 4.79 Å². The first kappa shape index (κ1) is 18.0. The number of nitriles is 2. The first-order chi connectivity index (χ1) is 11.6. The standard InChI is InChI=1S/C19H24N4O/c1-16-5-2-7-18(13-16)19(24)23-10-4-9-22(11-12-23)15-17(14-21)6-3-8-20/h2,5,7,13,17H,3-4,6,9-12,15H2,1H3. The van der Waals surface area contributed by atoms with Crippen LogP contribution in [0.4, 0.5) is 0 Å². The smallest absolute Gasteiger partial charge is 0.253 e. The van der Waals surface area contributed by atoms with Crippen molar-refractivity contribution in [2.24, 2.45) is 5.92 Å². The van der Waals surface area contributed by atoms with Gasteiger partial charge in [0.2, 0.25) is 0 Å². The summed E-state index contributed by atoms with van der Waals surface area (Å²) >= 11 is 0. The van der Waals surface area contributed by atoms with Gasteiger partial charge >= 0.3 is 0 Å². The monoisotopic (exact) mass is 324 g/mol. The summed E-state index contributed by atoms with van der Waals surface area (Å²) < 4.78 is 0. The van der Waals surface area contributed by atoms with Crippen LogP contribution in [0.2, 0.25) is 0 Å². The van der Waals surface area contributed by atoms with E-state index in [2.05, 4.69) is 17.0 Å². The molecule has 0 N–H and O–H groups in total. The van der Waals surface area contributed by atoms with E-state index in [1.54, 1.807) is 0 Å². The van der Waals surface area contributed by atoms with Crippen LogP contribution < -0.4 is 0 Å². The topological polar surface area (TPSA) is 71.1 Å². The van der Waals surface area contributed by atoms with E-state index in [4.69, 9.17) is 5.26 Å². The van der Waals surface area contributed by atoms with Gasteiger partial charge in [0.1, 0.15) is 0 Å². The van der Waals surface area contributed by atoms with Crippen LogP contribution in [-0.4, -0.2) is 48.4 Å². The fourth-order valence-electron chi connectivity index (χ4n) is 3.06. The molecule has 24 heavy (non-hydrogen) atoms. The van der Waals surface area contributed by atoms with E-state index in [0.29, 0.717) is 25.9 Å². The maximum atomic E-state index is 12.7. The number of nitrogens with zero attached hydrogens (tertiary/aromatic N) is 4. The molecule has 0 bridgehead atoms. The van der Waals surface area contributed by atoms with Gasteiger partial charge in [-0.05, 0) is 38.4 Å². The van der Waals surface area contributed by atoms with Crippen molar-refractivity contribution in [2.45, 2.75) is 26.2 Å². The minimum atomic E-state index is -0.108. The molecular weight excluding hydrogens is 300 g/mol. The van der Waals surface area contributed by atoms with E-state index in [-0.39, 0.29) is 11.8 Å². The zero-order valence-electron chi connectivity index (χ0n) is 14.2. The van der Waals surface area contributed by atoms with E-state index >= 15 is 0 Å². The molecule has 0 aliphatic carbocycles. The van der Waals surface area contributed by atoms with Crippen molar-refractivity contribution in [3.8, 4) is 12.1 Å². The number of benzene rings is 1. The van der Waals surface area contributed by atoms with Crippen molar-refractivity contribution >= 4 is 5.91 Å². The second-order valence-corrected chi connectivity index (χ2v) is 6.34. The summed E-state index contributed by atoms with van der Waals surface area (Å²) in [6.07, 6.45) is 1.95. The van der Waals surface area contributed by atoms with Gasteiger partial charge in [-0.1, -0.05) is 17.7 Å². The Hall–Kier alpha value is -2.37. The summed E-state index contributed by atoms with van der Waals surface area (Å²) in [6, 6.07) is 12.1. The number of carbonyl (C=O) groups is 1. The van der Waals surface area contributed by atoms with Crippen LogP contribution in [0.3, 0.4) is 0 Å². The lowest BCUT2D eigenvalue weighted by molar-refractivity contribution is 0.0761. The Morgan fingerprint density at radius 1 is 1.25 bits per heavy atom. The molecule has 1 heterocycles. The van der Waals surface area contributed by atoms with Crippen molar-refractivity contribution in [2.75, 3.05) is 32.7 Å². The molecule has 1 unspecified atom stereocenters. The molecule has 0 spiro atoms. The predicted octanol–water partition coefficient (Wildman–Crippen LogP) is 2.59. The summed E-state index contributed by atoms with van der Waals surface area (Å²) in [6.45, 7) is 5.78. The fraction of sp³-hybridized carbons (Fsp3) is 0.526. The molecule has 1 saturated heterocycles. The van der Waals surface area contributed by atoms with Gasteiger partial charge in [0.05, 0.1) is 18.1 Å². The molecule has 5 nitrogen and oxygen atoms in total. The molecule has 1 fully saturated rings. The maximum Gasteiger partial charge on any atom is 0.253 e. The second kappa shape index (κ2) is 9.05. The minimum Gasteiger partial charge on any atom is -0.337 e. The van der Waals surface area contributed by atoms with E-state index in [1.165, 1.54) is 0 Å². The number of hydrogen-bond acceptors (Lipinski definition) is 4. The van der Waals surface area contributed by atoms with Crippen LogP contribution in [-0.2, 0) is 0 Å². The maximum absolute atomic E-state index is 12.7. The van der Waals surface area contributed by atoms with Gasteiger partial charge in [-0.2, -0.15) is 10.5 Å². The quantitative estimate of drug-likeness (QED) is 0.834. The highest BCUT2D eigenvalue weighted by molar-refractivity contribution is 5.94. The van der Waals surface area contributed by atoms with Crippen LogP contribution in [0.1, 0.15) is 35.2 Å². The Labute approximate surface area is 144 Å². The summed E-state index contributed by atoms with van der Waals surface area (Å²) in [5.41, 5.74) is 1.83. The SMILES string of the molecule is Cc1cccc(C(=O)N2CCCN(CC(C#N)CCC#N)CC2)c1. The molecule has 1 aliphatic rings. The Bertz CT molecular complexity index is 644. The summed E-state index contributed by atoms with van der Waals surface area (Å²) in [5.74, 6) is -0.0226. The fourth-order valence-corrected chi connectivity index (χ4v) is 3.06. The highest BCUT2D eigenvalue weighted by atomic mass is 16.2. The summed E-state index contributed by atoms with van der Waals surface area (Å²) in [7, 11) is 0. The molecule has 1 amide bonds. The molecule has 1 aliphatic heterocycles. The highest BCUT2D eigenvalue weighted by Gasteiger charge is 2.22. The molecule has 1 atom stereocenters. The van der Waals surface area contributed by atoms with Crippen LogP contribution >= 0.6 is 0 Å². The Kier molecular flexibility index (Phi) is 6.78. The second-order valence-electron chi connectivity index (χ2n) is 6.34. The van der Waals surface area contributed by atoms with Crippen molar-refractivity contribution in [1.82, 2.24) is 9.80 Å². The first-order valence-corrected chi connectivity index (χ1v) is 8.49. The highest BCUT2D eigenvalue weighted by Crippen LogP contribution is 2.13. The molecule has 0 saturated carbocycles. The summed E-state index contributed by atoms with van der Waals surface area (Å²) in [5, 5.41) is 17.9. The number of hydrogen-bond donors (Lipinski definition) is 0. The van der Waals surface area contributed by atoms with Crippen molar-refractivity contribution in [3.63, 3.8) is 0 Å². The molecule has 1 aromatic rings. The first-order valence-electron chi connectivity index (χ1n) is 8.49. The van der Waals surface area contributed by atoms with Crippen LogP contribution in [0.5, 0.6) is 0 Å². The van der Waals surface area contributed by atoms with E-state index in [1.807, 2.05) is 36.1 Å². The molecule has 2 rings (SSSR count). The molecule has 126 valence electrons. The molecular formula is C19H24N4O. The van der Waals surface area contributed by atoms with Gasteiger partial charge in [0.25, 0.3) is 5.91 Å². The number of aryl methyl sites for hydroxylation is 1. The third kappa shape index (κ3) is 5.08. The molecule has 1 aromatic carbocycles. The van der Waals surface area contributed by atoms with Gasteiger partial charge < -0.3 is 9.80 Å². The zero-order valence-corrected chi connectivity index (χ0v) is 14.2. The van der Waals surface area contributed by atoms with Gasteiger partial charge in [-0.15, -0.1) is 0 Å². The van der Waals surface area contributed by atoms with Crippen LogP contribution in [0.15, 0.2) is 24.3 Å². The lowest BCUT2D eigenvalue weighted by Crippen LogP contribution is -2.36. The van der Waals surface area contributed by atoms with Gasteiger partial charge in [0.15, 0.2) is 0 Å². The third-order valence-corrected chi connectivity index (χ3v) is 4.41. The Morgan fingerprint density at radius 2 is 2.08 bits per heavy atom. The average Bonchev–Trinajstić information content (AvgIpc) is 2.83. The van der Waals surface area contributed by atoms with E-state index in [9.17, 15) is 10.1 Å². The Morgan fingerprint density at radius 3 is 2.79 bits per heavy atom. The van der Waals surface area contributed by atoms with Crippen molar-refractivity contribution < 1.29 is 4.79 Å². The van der Waals surface area contributed by atoms with Crippen molar-refractivity contribution in [3.05, 3.63) is 35.4 Å². The lowest BCUT2D eigenvalue weighted by atomic mass is 10.0. The van der Waals surface area contributed by atoms with Gasteiger partial charge in [-0.25, -0.2) is 0 Å². The largest absolute Gasteiger partial charge is 0.337 e. The predicted molar refractivity (Wildman–Crippen MR) is 92.1 cm³/mol. The Balaban J connectivity index is 1.91. The number of rotatable bonds is 5. The zero-order chi connectivity index (χ0) is 17.4. The minimum absolute atomic E-state index is 0.0851. The molecule has 5 heteroatoms. The molecule has 0 aromatic heterocycles. The third-order valence-electron chi connectivity index (χ3n) is 4.41. The molecule has 0 radical (unpaired) electrons. The average molecular weight is 324 g/mol.